The molecule has 0 amide bonds. The molecule has 0 radical (unpaired) electrons. The molecule has 4 aromatic rings. The van der Waals surface area contributed by atoms with Crippen molar-refractivity contribution in [1.29, 1.82) is 0 Å². The van der Waals surface area contributed by atoms with E-state index >= 15 is 0 Å². The normalized spacial score (nSPS) is 36.0. The monoisotopic (exact) mass is 671 g/mol. The number of hydrogen-bond acceptors (Lipinski definition) is 17. The van der Waals surface area contributed by atoms with Crippen molar-refractivity contribution in [1.82, 2.24) is 39.0 Å². The number of phosphoric ester groups is 1. The number of aliphatic hydroxyl groups is 1. The quantitative estimate of drug-likeness (QED) is 0.174. The van der Waals surface area contributed by atoms with Gasteiger partial charge in [0.2, 0.25) is 5.95 Å². The molecule has 4 aromatic heterocycles. The van der Waals surface area contributed by atoms with Crippen molar-refractivity contribution in [3.05, 3.63) is 29.3 Å². The Kier molecular flexibility index (Phi) is 7.61. The van der Waals surface area contributed by atoms with Crippen LogP contribution in [0, 0.1) is 0 Å². The molecule has 0 aromatic carbocycles. The van der Waals surface area contributed by atoms with Crippen LogP contribution in [0.25, 0.3) is 22.3 Å². The molecule has 3 fully saturated rings. The number of rotatable bonds is 3. The highest BCUT2D eigenvalue weighted by Crippen LogP contribution is 2.62. The number of phosphoric acid groups is 1. The summed E-state index contributed by atoms with van der Waals surface area (Å²) in [7, 11) is -6.60. The Labute approximate surface area is 252 Å². The van der Waals surface area contributed by atoms with E-state index in [2.05, 4.69) is 29.9 Å². The number of hydrogen-bond donors (Lipinski definition) is 5. The Hall–Kier alpha value is -3.20. The Morgan fingerprint density at radius 3 is 2.60 bits per heavy atom. The average molecular weight is 671 g/mol. The molecule has 3 aliphatic heterocycles. The van der Waals surface area contributed by atoms with Crippen LogP contribution in [0.1, 0.15) is 18.9 Å². The van der Waals surface area contributed by atoms with Gasteiger partial charge in [-0.05, 0) is 0 Å². The van der Waals surface area contributed by atoms with E-state index in [4.69, 9.17) is 43.6 Å². The van der Waals surface area contributed by atoms with Gasteiger partial charge in [0.25, 0.3) is 5.56 Å². The molecule has 23 heteroatoms. The fourth-order valence-corrected chi connectivity index (χ4v) is 7.84. The van der Waals surface area contributed by atoms with Crippen LogP contribution in [-0.4, -0.2) is 107 Å². The lowest BCUT2D eigenvalue weighted by Gasteiger charge is -2.26. The molecular weight excluding hydrogens is 642 g/mol. The summed E-state index contributed by atoms with van der Waals surface area (Å²) in [6.45, 7) is 0.901. The molecule has 2 bridgehead atoms. The summed E-state index contributed by atoms with van der Waals surface area (Å²) >= 11 is 0. The van der Waals surface area contributed by atoms with Gasteiger partial charge in [-0.15, -0.1) is 0 Å². The highest BCUT2D eigenvalue weighted by Gasteiger charge is 2.54. The molecule has 9 atom stereocenters. The van der Waals surface area contributed by atoms with Crippen molar-refractivity contribution in [2.75, 3.05) is 38.5 Å². The molecule has 242 valence electrons. The number of fused-ring (bicyclic) bond motifs is 5. The second-order valence-corrected chi connectivity index (χ2v) is 14.3. The van der Waals surface area contributed by atoms with Crippen molar-refractivity contribution in [3.63, 3.8) is 0 Å². The predicted octanol–water partition coefficient (Wildman–Crippen LogP) is -0.374. The maximum atomic E-state index is 13.2. The SMILES string of the molecule is CO[P+]1(C)OCC2OC(n3cnc4c(N)ncnc43)C(O)C2OP(=O)(O)OCC2C[C@H](O1)C(n1cnc3c(=O)[nH]c(N)nc31)O2. The zero-order chi connectivity index (χ0) is 31.7. The topological polar surface area (TPSA) is 281 Å². The van der Waals surface area contributed by atoms with Crippen LogP contribution >= 0.6 is 15.8 Å². The fraction of sp³-hybridized carbons (Fsp3) is 0.545. The Morgan fingerprint density at radius 2 is 1.82 bits per heavy atom. The largest absolute Gasteiger partial charge is 0.472 e. The van der Waals surface area contributed by atoms with Gasteiger partial charge in [0, 0.05) is 6.42 Å². The van der Waals surface area contributed by atoms with Crippen molar-refractivity contribution < 1.29 is 46.7 Å². The summed E-state index contributed by atoms with van der Waals surface area (Å²) in [6, 6.07) is 0. The minimum atomic E-state index is -4.82. The number of H-pyrrole nitrogens is 1. The number of aliphatic hydroxyl groups excluding tert-OH is 1. The second kappa shape index (κ2) is 11.2. The smallest absolute Gasteiger partial charge is 0.386 e. The zero-order valence-corrected chi connectivity index (χ0v) is 25.4. The first kappa shape index (κ1) is 30.5. The van der Waals surface area contributed by atoms with Crippen LogP contribution in [0.3, 0.4) is 0 Å². The average Bonchev–Trinajstić information content (AvgIpc) is 3.76. The number of nitrogens with two attached hydrogens (primary N) is 2. The maximum Gasteiger partial charge on any atom is 0.472 e. The van der Waals surface area contributed by atoms with E-state index in [1.54, 1.807) is 6.66 Å². The van der Waals surface area contributed by atoms with E-state index in [-0.39, 0.29) is 47.1 Å². The summed E-state index contributed by atoms with van der Waals surface area (Å²) in [4.78, 5) is 46.1. The zero-order valence-electron chi connectivity index (χ0n) is 23.6. The molecular formula is C22H29N10O11P2+. The van der Waals surface area contributed by atoms with Gasteiger partial charge < -0.3 is 30.9 Å². The van der Waals surface area contributed by atoms with Gasteiger partial charge in [0.1, 0.15) is 43.4 Å². The van der Waals surface area contributed by atoms with Gasteiger partial charge in [-0.25, -0.2) is 24.5 Å². The van der Waals surface area contributed by atoms with Gasteiger partial charge in [-0.1, -0.05) is 0 Å². The molecule has 0 spiro atoms. The Morgan fingerprint density at radius 1 is 1.07 bits per heavy atom. The second-order valence-electron chi connectivity index (χ2n) is 10.5. The van der Waals surface area contributed by atoms with Crippen molar-refractivity contribution in [3.8, 4) is 0 Å². The highest BCUT2D eigenvalue weighted by molar-refractivity contribution is 7.60. The van der Waals surface area contributed by atoms with Gasteiger partial charge in [0.05, 0.1) is 32.5 Å². The summed E-state index contributed by atoms with van der Waals surface area (Å²) in [5.41, 5.74) is 11.8. The molecule has 3 saturated heterocycles. The number of aromatic nitrogens is 8. The van der Waals surface area contributed by atoms with Crippen LogP contribution in [-0.2, 0) is 36.7 Å². The molecule has 0 aliphatic carbocycles. The highest BCUT2D eigenvalue weighted by atomic mass is 31.2. The van der Waals surface area contributed by atoms with Gasteiger partial charge in [-0.3, -0.25) is 28.0 Å². The molecule has 7 N–H and O–H groups in total. The van der Waals surface area contributed by atoms with Crippen molar-refractivity contribution in [2.45, 2.75) is 49.4 Å². The lowest BCUT2D eigenvalue weighted by molar-refractivity contribution is -0.0656. The van der Waals surface area contributed by atoms with Crippen LogP contribution in [0.2, 0.25) is 0 Å². The first-order chi connectivity index (χ1) is 21.4. The van der Waals surface area contributed by atoms with Gasteiger partial charge in [-0.2, -0.15) is 18.6 Å². The van der Waals surface area contributed by atoms with E-state index in [9.17, 15) is 19.4 Å². The number of nitrogens with one attached hydrogen (secondary N) is 1. The molecule has 8 unspecified atom stereocenters. The predicted molar refractivity (Wildman–Crippen MR) is 152 cm³/mol. The number of imidazole rings is 2. The third-order valence-electron chi connectivity index (χ3n) is 7.65. The van der Waals surface area contributed by atoms with Gasteiger partial charge >= 0.3 is 15.8 Å². The minimum absolute atomic E-state index is 0.0202. The molecule has 7 heterocycles. The molecule has 3 aliphatic rings. The number of anilines is 2. The fourth-order valence-electron chi connectivity index (χ4n) is 5.50. The number of ether oxygens (including phenoxy) is 2. The van der Waals surface area contributed by atoms with E-state index in [1.807, 2.05) is 0 Å². The summed E-state index contributed by atoms with van der Waals surface area (Å²) < 4.78 is 57.3. The minimum Gasteiger partial charge on any atom is -0.386 e. The van der Waals surface area contributed by atoms with E-state index < -0.39 is 70.9 Å². The van der Waals surface area contributed by atoms with Gasteiger partial charge in [0.15, 0.2) is 41.2 Å². The molecule has 45 heavy (non-hydrogen) atoms. The third-order valence-corrected chi connectivity index (χ3v) is 10.6. The lowest BCUT2D eigenvalue weighted by Crippen LogP contribution is -2.36. The van der Waals surface area contributed by atoms with Crippen LogP contribution in [0.15, 0.2) is 23.8 Å². The number of nitrogen functional groups attached to an aromatic ring is 2. The van der Waals surface area contributed by atoms with E-state index in [1.165, 1.54) is 35.2 Å². The first-order valence-electron chi connectivity index (χ1n) is 13.5. The summed E-state index contributed by atoms with van der Waals surface area (Å²) in [5.74, 6) is -0.0155. The van der Waals surface area contributed by atoms with Crippen molar-refractivity contribution in [2.24, 2.45) is 0 Å². The Bertz CT molecular complexity index is 1860. The van der Waals surface area contributed by atoms with Crippen LogP contribution in [0.5, 0.6) is 0 Å². The maximum absolute atomic E-state index is 13.2. The van der Waals surface area contributed by atoms with E-state index in [0.29, 0.717) is 0 Å². The van der Waals surface area contributed by atoms with Crippen LogP contribution in [0.4, 0.5) is 11.8 Å². The van der Waals surface area contributed by atoms with Crippen LogP contribution < -0.4 is 17.0 Å². The molecule has 0 saturated carbocycles. The van der Waals surface area contributed by atoms with Crippen molar-refractivity contribution >= 4 is 49.9 Å². The summed E-state index contributed by atoms with van der Waals surface area (Å²) in [6.07, 6.45) is -3.68. The number of aromatic amines is 1. The molecule has 21 nitrogen and oxygen atoms in total. The summed E-state index contributed by atoms with van der Waals surface area (Å²) in [5, 5.41) is 11.3. The standard InChI is InChI=1S/C22H28N10O11P2/c1-37-44(2)38-5-11-15(14(33)21(41-11)31-7-27-12-16(23)25-6-26-17(12)31)43-45(35,36)39-4-9-3-10(42-44)20(40-9)32-8-28-13-18(32)29-22(24)30-19(13)34/h6-11,14-15,20-21,33H,3-5H2,1-2H3,(H5-,23,24,25,26,29,30,34,35,36)/p+1/t9?,10-,11?,14?,15?,20?,21?,44?/m0/s1. The lowest BCUT2D eigenvalue weighted by atomic mass is 10.1. The number of nitrogens with zero attached hydrogens (tertiary/aromatic N) is 7. The Balaban J connectivity index is 1.20. The molecule has 7 rings (SSSR count). The first-order valence-corrected chi connectivity index (χ1v) is 17.0. The third kappa shape index (κ3) is 5.49. The van der Waals surface area contributed by atoms with E-state index in [0.717, 1.165) is 0 Å².